The number of aryl methyl sites for hydroxylation is 1. The third kappa shape index (κ3) is 7.81. The molecule has 1 amide bonds. The molecule has 3 rings (SSSR count). The molecule has 3 aromatic rings. The molecule has 1 N–H and O–H groups in total. The number of carboxylic acid groups (broad SMARTS) is 1. The van der Waals surface area contributed by atoms with Gasteiger partial charge in [-0.05, 0) is 36.8 Å². The van der Waals surface area contributed by atoms with E-state index >= 15 is 0 Å². The predicted molar refractivity (Wildman–Crippen MR) is 137 cm³/mol. The van der Waals surface area contributed by atoms with Crippen molar-refractivity contribution >= 4 is 44.9 Å². The maximum atomic E-state index is 13.2. The number of methoxy groups -OCH3 is 1. The van der Waals surface area contributed by atoms with Crippen LogP contribution in [0.1, 0.15) is 16.8 Å². The minimum Gasteiger partial charge on any atom is -0.547 e. The number of nitrogens with zero attached hydrogens (tertiary/aromatic N) is 1. The lowest BCUT2D eigenvalue weighted by atomic mass is 10.0. The third-order valence-electron chi connectivity index (χ3n) is 5.38. The molecule has 2 atom stereocenters. The number of thiazole rings is 1. The van der Waals surface area contributed by atoms with Crippen LogP contribution in [0.5, 0.6) is 5.75 Å². The molecule has 0 saturated carbocycles. The van der Waals surface area contributed by atoms with Crippen molar-refractivity contribution in [2.45, 2.75) is 38.3 Å². The molecule has 2 unspecified atom stereocenters. The van der Waals surface area contributed by atoms with Crippen LogP contribution in [0.4, 0.5) is 22.4 Å². The lowest BCUT2D eigenvalue weighted by Crippen LogP contribution is -2.43. The van der Waals surface area contributed by atoms with Gasteiger partial charge in [0.25, 0.3) is 5.01 Å². The van der Waals surface area contributed by atoms with Gasteiger partial charge in [0.15, 0.2) is 5.38 Å². The van der Waals surface area contributed by atoms with Crippen LogP contribution < -0.4 is 15.2 Å². The quantitative estimate of drug-likeness (QED) is 0.216. The molecule has 7 nitrogen and oxygen atoms in total. The molecular weight excluding hydrogens is 587 g/mol. The summed E-state index contributed by atoms with van der Waals surface area (Å²) in [6.07, 6.45) is -6.39. The second kappa shape index (κ2) is 12.9. The Balaban J connectivity index is 1.78. The highest BCUT2D eigenvalue weighted by Crippen LogP contribution is 2.39. The van der Waals surface area contributed by atoms with E-state index in [4.69, 9.17) is 27.9 Å². The fourth-order valence-corrected chi connectivity index (χ4v) is 5.71. The fraction of sp³-hybridized carbons (Fsp3) is 0.320. The molecule has 1 aromatic heterocycles. The smallest absolute Gasteiger partial charge is 0.458 e. The number of alkyl halides is 4. The van der Waals surface area contributed by atoms with Crippen molar-refractivity contribution in [3.8, 4) is 16.3 Å². The molecule has 2 aromatic carbocycles. The highest BCUT2D eigenvalue weighted by Gasteiger charge is 2.41. The molecule has 0 spiro atoms. The minimum atomic E-state index is -4.52. The van der Waals surface area contributed by atoms with Crippen molar-refractivity contribution in [2.75, 3.05) is 13.7 Å². The summed E-state index contributed by atoms with van der Waals surface area (Å²) in [6.45, 7) is -0.100. The molecule has 14 heteroatoms. The minimum absolute atomic E-state index is 0.0475. The molecule has 0 saturated heterocycles. The van der Waals surface area contributed by atoms with Crippen molar-refractivity contribution in [1.29, 1.82) is 0 Å². The van der Waals surface area contributed by atoms with Gasteiger partial charge < -0.3 is 24.7 Å². The predicted octanol–water partition coefficient (Wildman–Crippen LogP) is 5.46. The Labute approximate surface area is 233 Å². The number of ether oxygens (including phenoxy) is 2. The number of hydrogen-bond donors (Lipinski definition) is 1. The third-order valence-corrected chi connectivity index (χ3v) is 7.78. The van der Waals surface area contributed by atoms with E-state index in [1.165, 1.54) is 25.3 Å². The SMILES string of the molecule is COc1ccc(CC(OCC(F)(F)C(F)F)C(=O)[O-])cc1CNC(=O)[s+]1cc(C)nc1-c1ccc(Cl)cc1Cl. The zero-order valence-corrected chi connectivity index (χ0v) is 22.8. The van der Waals surface area contributed by atoms with E-state index in [9.17, 15) is 32.3 Å². The van der Waals surface area contributed by atoms with Gasteiger partial charge in [-0.15, -0.1) is 0 Å². The molecule has 0 radical (unpaired) electrons. The van der Waals surface area contributed by atoms with Crippen molar-refractivity contribution < 1.29 is 41.7 Å². The van der Waals surface area contributed by atoms with Crippen LogP contribution >= 0.6 is 33.7 Å². The Kier molecular flexibility index (Phi) is 10.2. The Hall–Kier alpha value is -2.93. The van der Waals surface area contributed by atoms with E-state index in [0.717, 1.165) is 0 Å². The van der Waals surface area contributed by atoms with Crippen LogP contribution in [-0.2, 0) is 22.5 Å². The molecule has 0 aliphatic carbocycles. The number of carbonyl (C=O) groups is 2. The van der Waals surface area contributed by atoms with Crippen molar-refractivity contribution in [3.05, 3.63) is 68.6 Å². The van der Waals surface area contributed by atoms with Gasteiger partial charge in [-0.2, -0.15) is 13.8 Å². The second-order valence-corrected chi connectivity index (χ2v) is 10.8. The van der Waals surface area contributed by atoms with Crippen LogP contribution in [0, 0.1) is 6.92 Å². The molecule has 1 heterocycles. The Morgan fingerprint density at radius 1 is 1.18 bits per heavy atom. The summed E-state index contributed by atoms with van der Waals surface area (Å²) in [5.41, 5.74) is 1.91. The largest absolute Gasteiger partial charge is 0.547 e. The standard InChI is InChI=1S/C25H22Cl2F4N2O5S/c1-13-11-39(21(33-13)17-5-4-16(26)9-18(17)27)24(36)32-10-15-7-14(3-6-19(15)37-2)8-20(22(34)35)38-12-25(30,31)23(28)29/h3-7,9,11,20,23H,8,10,12H2,1-2H3,(H-,32,34,35,36). The maximum Gasteiger partial charge on any atom is 0.458 e. The summed E-state index contributed by atoms with van der Waals surface area (Å²) in [5.74, 6) is -6.01. The average Bonchev–Trinajstić information content (AvgIpc) is 3.26. The van der Waals surface area contributed by atoms with Gasteiger partial charge in [0, 0.05) is 17.0 Å². The number of aliphatic carboxylic acids is 1. The fourth-order valence-electron chi connectivity index (χ4n) is 3.49. The maximum absolute atomic E-state index is 13.2. The number of benzene rings is 2. The molecule has 0 aliphatic heterocycles. The number of aromatic nitrogens is 1. The zero-order valence-electron chi connectivity index (χ0n) is 20.5. The molecule has 210 valence electrons. The first-order valence-electron chi connectivity index (χ1n) is 11.2. The van der Waals surface area contributed by atoms with Crippen molar-refractivity contribution in [3.63, 3.8) is 0 Å². The molecule has 0 aliphatic rings. The number of nitrogens with one attached hydrogen (secondary N) is 1. The van der Waals surface area contributed by atoms with E-state index in [2.05, 4.69) is 15.0 Å². The van der Waals surface area contributed by atoms with Gasteiger partial charge >= 0.3 is 17.6 Å². The number of hydrogen-bond acceptors (Lipinski definition) is 6. The van der Waals surface area contributed by atoms with Gasteiger partial charge in [0.05, 0.1) is 35.9 Å². The molecule has 0 fully saturated rings. The van der Waals surface area contributed by atoms with Gasteiger partial charge in [-0.25, -0.2) is 13.6 Å². The van der Waals surface area contributed by atoms with Crippen LogP contribution in [0.2, 0.25) is 10.0 Å². The van der Waals surface area contributed by atoms with Crippen molar-refractivity contribution in [2.24, 2.45) is 0 Å². The van der Waals surface area contributed by atoms with Gasteiger partial charge in [0.1, 0.15) is 28.9 Å². The second-order valence-electron chi connectivity index (χ2n) is 8.31. The molecular formula is C25H22Cl2F4N2O5S. The average molecular weight is 609 g/mol. The Morgan fingerprint density at radius 3 is 2.51 bits per heavy atom. The van der Waals surface area contributed by atoms with Crippen LogP contribution in [0.15, 0.2) is 41.8 Å². The summed E-state index contributed by atoms with van der Waals surface area (Å²) in [6, 6.07) is 9.26. The van der Waals surface area contributed by atoms with E-state index in [-0.39, 0.29) is 11.8 Å². The number of halogens is 6. The normalized spacial score (nSPS) is 12.9. The lowest BCUT2D eigenvalue weighted by molar-refractivity contribution is -0.319. The first-order valence-corrected chi connectivity index (χ1v) is 13.2. The van der Waals surface area contributed by atoms with Crippen LogP contribution in [-0.4, -0.2) is 48.4 Å². The number of carboxylic acids is 1. The molecule has 39 heavy (non-hydrogen) atoms. The number of rotatable bonds is 12. The van der Waals surface area contributed by atoms with Crippen LogP contribution in [0.25, 0.3) is 10.6 Å². The van der Waals surface area contributed by atoms with E-state index < -0.39 is 47.9 Å². The summed E-state index contributed by atoms with van der Waals surface area (Å²) < 4.78 is 61.1. The summed E-state index contributed by atoms with van der Waals surface area (Å²) >= 11 is 12.3. The first kappa shape index (κ1) is 30.6. The highest BCUT2D eigenvalue weighted by molar-refractivity contribution is 7.52. The number of carbonyl (C=O) groups excluding carboxylic acids is 2. The summed E-state index contributed by atoms with van der Waals surface area (Å²) in [4.78, 5) is 29.0. The zero-order chi connectivity index (χ0) is 28.9. The van der Waals surface area contributed by atoms with Crippen LogP contribution in [0.3, 0.4) is 0 Å². The summed E-state index contributed by atoms with van der Waals surface area (Å²) in [7, 11) is 0.292. The van der Waals surface area contributed by atoms with Gasteiger partial charge in [-0.3, -0.25) is 0 Å². The van der Waals surface area contributed by atoms with Gasteiger partial charge in [0.2, 0.25) is 0 Å². The van der Waals surface area contributed by atoms with Crippen molar-refractivity contribution in [1.82, 2.24) is 10.3 Å². The van der Waals surface area contributed by atoms with E-state index in [0.29, 0.717) is 43.2 Å². The topological polar surface area (TPSA) is 101 Å². The monoisotopic (exact) mass is 608 g/mol. The highest BCUT2D eigenvalue weighted by atomic mass is 35.5. The Bertz CT molecular complexity index is 1360. The first-order chi connectivity index (χ1) is 18.3. The summed E-state index contributed by atoms with van der Waals surface area (Å²) in [5, 5.41) is 16.7. The lowest BCUT2D eigenvalue weighted by Gasteiger charge is -2.23. The van der Waals surface area contributed by atoms with Gasteiger partial charge in [-0.1, -0.05) is 35.3 Å². The molecule has 0 bridgehead atoms. The number of amides is 1. The van der Waals surface area contributed by atoms with E-state index in [1.807, 2.05) is 0 Å². The Morgan fingerprint density at radius 2 is 1.90 bits per heavy atom. The van der Waals surface area contributed by atoms with E-state index in [1.54, 1.807) is 30.5 Å².